The summed E-state index contributed by atoms with van der Waals surface area (Å²) in [6.07, 6.45) is 5.12. The molecular weight excluding hydrogens is 454 g/mol. The number of rotatable bonds is 5. The monoisotopic (exact) mass is 485 g/mol. The molecule has 0 aromatic heterocycles. The lowest BCUT2D eigenvalue weighted by Crippen LogP contribution is -2.50. The molecular formula is C25H31N3O5S. The van der Waals surface area contributed by atoms with Crippen LogP contribution in [0.4, 0.5) is 5.69 Å². The van der Waals surface area contributed by atoms with Gasteiger partial charge in [0.2, 0.25) is 15.9 Å². The first kappa shape index (κ1) is 24.2. The maximum Gasteiger partial charge on any atom is 0.254 e. The minimum absolute atomic E-state index is 0.00233. The predicted octanol–water partition coefficient (Wildman–Crippen LogP) is 3.37. The van der Waals surface area contributed by atoms with Gasteiger partial charge in [0.25, 0.3) is 5.91 Å². The van der Waals surface area contributed by atoms with Crippen molar-refractivity contribution >= 4 is 27.5 Å². The highest BCUT2D eigenvalue weighted by atomic mass is 32.2. The molecule has 0 radical (unpaired) electrons. The normalized spacial score (nSPS) is 18.0. The van der Waals surface area contributed by atoms with Gasteiger partial charge < -0.3 is 15.3 Å². The minimum Gasteiger partial charge on any atom is -0.507 e. The molecule has 2 N–H and O–H groups in total. The molecule has 2 amide bonds. The van der Waals surface area contributed by atoms with Crippen molar-refractivity contribution in [3.63, 3.8) is 0 Å². The van der Waals surface area contributed by atoms with E-state index in [-0.39, 0.29) is 54.6 Å². The molecule has 0 unspecified atom stereocenters. The summed E-state index contributed by atoms with van der Waals surface area (Å²) in [6, 6.07) is 11.4. The van der Waals surface area contributed by atoms with Gasteiger partial charge >= 0.3 is 0 Å². The highest BCUT2D eigenvalue weighted by molar-refractivity contribution is 7.89. The van der Waals surface area contributed by atoms with Crippen LogP contribution in [0.25, 0.3) is 0 Å². The Morgan fingerprint density at radius 3 is 2.38 bits per heavy atom. The van der Waals surface area contributed by atoms with Gasteiger partial charge in [0.05, 0.1) is 0 Å². The largest absolute Gasteiger partial charge is 0.507 e. The number of phenolic OH excluding ortho intramolecular Hbond substituents is 1. The van der Waals surface area contributed by atoms with Gasteiger partial charge in [-0.1, -0.05) is 31.4 Å². The predicted molar refractivity (Wildman–Crippen MR) is 129 cm³/mol. The van der Waals surface area contributed by atoms with E-state index in [2.05, 4.69) is 5.32 Å². The Balaban J connectivity index is 1.39. The second kappa shape index (κ2) is 10.1. The number of nitrogens with one attached hydrogen (secondary N) is 1. The topological polar surface area (TPSA) is 107 Å². The number of aromatic hydroxyl groups is 1. The lowest BCUT2D eigenvalue weighted by atomic mass is 9.88. The molecule has 9 heteroatoms. The molecule has 2 fully saturated rings. The third-order valence-corrected chi connectivity index (χ3v) is 8.54. The average Bonchev–Trinajstić information content (AvgIpc) is 2.85. The van der Waals surface area contributed by atoms with Gasteiger partial charge in [0, 0.05) is 43.3 Å². The number of nitrogens with zero attached hydrogens (tertiary/aromatic N) is 2. The Morgan fingerprint density at radius 1 is 0.971 bits per heavy atom. The van der Waals surface area contributed by atoms with Crippen LogP contribution in [0, 0.1) is 12.8 Å². The fourth-order valence-corrected chi connectivity index (χ4v) is 6.21. The van der Waals surface area contributed by atoms with E-state index >= 15 is 0 Å². The number of hydrogen-bond acceptors (Lipinski definition) is 5. The third kappa shape index (κ3) is 5.26. The van der Waals surface area contributed by atoms with Crippen LogP contribution >= 0.6 is 0 Å². The quantitative estimate of drug-likeness (QED) is 0.675. The second-order valence-corrected chi connectivity index (χ2v) is 11.0. The molecule has 1 saturated carbocycles. The summed E-state index contributed by atoms with van der Waals surface area (Å²) in [5, 5.41) is 13.0. The Hall–Kier alpha value is -2.91. The molecule has 2 aliphatic rings. The maximum atomic E-state index is 13.1. The van der Waals surface area contributed by atoms with E-state index in [0.29, 0.717) is 11.3 Å². The number of hydrogen-bond donors (Lipinski definition) is 2. The molecule has 1 aliphatic carbocycles. The van der Waals surface area contributed by atoms with Crippen LogP contribution in [0.2, 0.25) is 0 Å². The van der Waals surface area contributed by atoms with E-state index in [9.17, 15) is 23.1 Å². The van der Waals surface area contributed by atoms with Gasteiger partial charge in [-0.15, -0.1) is 0 Å². The van der Waals surface area contributed by atoms with Crippen molar-refractivity contribution in [1.82, 2.24) is 9.21 Å². The standard InChI is InChI=1S/C25H31N3O5S/c1-18-10-11-22(29)23(16-18)34(32,33)28-14-12-27(13-15-28)25(31)20-8-5-9-21(17-20)26-24(30)19-6-3-2-4-7-19/h5,8-11,16-17,19,29H,2-4,6-7,12-15H2,1H3,(H,26,30). The smallest absolute Gasteiger partial charge is 0.254 e. The molecule has 1 saturated heterocycles. The van der Waals surface area contributed by atoms with Crippen molar-refractivity contribution in [2.75, 3.05) is 31.5 Å². The van der Waals surface area contributed by atoms with Crippen LogP contribution < -0.4 is 5.32 Å². The summed E-state index contributed by atoms with van der Waals surface area (Å²) in [5.74, 6) is -0.459. The van der Waals surface area contributed by atoms with Crippen LogP contribution in [-0.4, -0.2) is 60.7 Å². The van der Waals surface area contributed by atoms with Crippen molar-refractivity contribution in [2.45, 2.75) is 43.9 Å². The van der Waals surface area contributed by atoms with E-state index in [1.165, 1.54) is 22.9 Å². The van der Waals surface area contributed by atoms with E-state index in [1.807, 2.05) is 0 Å². The molecule has 1 aliphatic heterocycles. The highest BCUT2D eigenvalue weighted by Crippen LogP contribution is 2.28. The number of aryl methyl sites for hydroxylation is 1. The van der Waals surface area contributed by atoms with Gasteiger partial charge in [-0.3, -0.25) is 9.59 Å². The van der Waals surface area contributed by atoms with Crippen molar-refractivity contribution in [1.29, 1.82) is 0 Å². The van der Waals surface area contributed by atoms with Crippen LogP contribution in [0.3, 0.4) is 0 Å². The average molecular weight is 486 g/mol. The molecule has 1 heterocycles. The van der Waals surface area contributed by atoms with E-state index < -0.39 is 10.0 Å². The summed E-state index contributed by atoms with van der Waals surface area (Å²) in [5.41, 5.74) is 1.78. The number of amides is 2. The number of phenols is 1. The molecule has 2 aromatic carbocycles. The number of sulfonamides is 1. The molecule has 34 heavy (non-hydrogen) atoms. The lowest BCUT2D eigenvalue weighted by molar-refractivity contribution is -0.120. The minimum atomic E-state index is -3.86. The Morgan fingerprint density at radius 2 is 1.68 bits per heavy atom. The molecule has 4 rings (SSSR count). The number of piperazine rings is 1. The fraction of sp³-hybridized carbons (Fsp3) is 0.440. The molecule has 8 nitrogen and oxygen atoms in total. The number of carbonyl (C=O) groups is 2. The number of carbonyl (C=O) groups excluding carboxylic acids is 2. The van der Waals surface area contributed by atoms with Crippen molar-refractivity contribution < 1.29 is 23.1 Å². The van der Waals surface area contributed by atoms with E-state index in [1.54, 1.807) is 42.2 Å². The van der Waals surface area contributed by atoms with Crippen LogP contribution in [0.5, 0.6) is 5.75 Å². The summed E-state index contributed by atoms with van der Waals surface area (Å²) in [6.45, 7) is 2.52. The zero-order valence-electron chi connectivity index (χ0n) is 19.4. The summed E-state index contributed by atoms with van der Waals surface area (Å²) in [7, 11) is -3.86. The third-order valence-electron chi connectivity index (χ3n) is 6.61. The first-order chi connectivity index (χ1) is 16.3. The van der Waals surface area contributed by atoms with Gasteiger partial charge in [-0.05, 0) is 55.7 Å². The zero-order valence-corrected chi connectivity index (χ0v) is 20.2. The highest BCUT2D eigenvalue weighted by Gasteiger charge is 2.32. The van der Waals surface area contributed by atoms with E-state index in [4.69, 9.17) is 0 Å². The summed E-state index contributed by atoms with van der Waals surface area (Å²) >= 11 is 0. The first-order valence-corrected chi connectivity index (χ1v) is 13.2. The van der Waals surface area contributed by atoms with Crippen LogP contribution in [0.1, 0.15) is 48.0 Å². The SMILES string of the molecule is Cc1ccc(O)c(S(=O)(=O)N2CCN(C(=O)c3cccc(NC(=O)C4CCCCC4)c3)CC2)c1. The van der Waals surface area contributed by atoms with Crippen LogP contribution in [0.15, 0.2) is 47.4 Å². The van der Waals surface area contributed by atoms with Crippen molar-refractivity contribution in [3.05, 3.63) is 53.6 Å². The molecule has 0 bridgehead atoms. The number of benzene rings is 2. The fourth-order valence-electron chi connectivity index (χ4n) is 4.62. The van der Waals surface area contributed by atoms with Gasteiger partial charge in [0.1, 0.15) is 10.6 Å². The first-order valence-electron chi connectivity index (χ1n) is 11.8. The molecule has 0 atom stereocenters. The number of anilines is 1. The Labute approximate surface area is 200 Å². The molecule has 2 aromatic rings. The molecule has 0 spiro atoms. The second-order valence-electron chi connectivity index (χ2n) is 9.07. The van der Waals surface area contributed by atoms with E-state index in [0.717, 1.165) is 31.2 Å². The maximum absolute atomic E-state index is 13.1. The summed E-state index contributed by atoms with van der Waals surface area (Å²) < 4.78 is 27.3. The Bertz CT molecular complexity index is 1170. The van der Waals surface area contributed by atoms with Crippen LogP contribution in [-0.2, 0) is 14.8 Å². The summed E-state index contributed by atoms with van der Waals surface area (Å²) in [4.78, 5) is 27.1. The lowest BCUT2D eigenvalue weighted by Gasteiger charge is -2.34. The van der Waals surface area contributed by atoms with Gasteiger partial charge in [0.15, 0.2) is 0 Å². The Kier molecular flexibility index (Phi) is 7.23. The van der Waals surface area contributed by atoms with Gasteiger partial charge in [-0.2, -0.15) is 4.31 Å². The van der Waals surface area contributed by atoms with Crippen molar-refractivity contribution in [2.24, 2.45) is 5.92 Å². The van der Waals surface area contributed by atoms with Gasteiger partial charge in [-0.25, -0.2) is 8.42 Å². The zero-order chi connectivity index (χ0) is 24.3. The molecule has 182 valence electrons. The van der Waals surface area contributed by atoms with Crippen molar-refractivity contribution in [3.8, 4) is 5.75 Å².